The number of rotatable bonds is 15. The van der Waals surface area contributed by atoms with Crippen molar-refractivity contribution in [2.24, 2.45) is 0 Å². The van der Waals surface area contributed by atoms with Crippen LogP contribution in [-0.4, -0.2) is 59.4 Å². The molecule has 0 aromatic heterocycles. The summed E-state index contributed by atoms with van der Waals surface area (Å²) in [6.07, 6.45) is 11.7. The summed E-state index contributed by atoms with van der Waals surface area (Å²) >= 11 is 0. The molecule has 226 valence electrons. The summed E-state index contributed by atoms with van der Waals surface area (Å²) in [6.45, 7) is 2.57. The molecule has 0 saturated heterocycles. The van der Waals surface area contributed by atoms with E-state index < -0.39 is 42.3 Å². The van der Waals surface area contributed by atoms with Crippen molar-refractivity contribution >= 4 is 29.6 Å². The topological polar surface area (TPSA) is 154 Å². The molecular weight excluding hydrogens is 524 g/mol. The van der Waals surface area contributed by atoms with E-state index in [1.165, 1.54) is 31.4 Å². The molecule has 3 atom stereocenters. The second-order valence-corrected chi connectivity index (χ2v) is 10.6. The van der Waals surface area contributed by atoms with Gasteiger partial charge in [-0.15, -0.1) is 0 Å². The first-order valence-corrected chi connectivity index (χ1v) is 14.9. The van der Waals surface area contributed by atoms with Crippen LogP contribution in [0.25, 0.3) is 0 Å². The summed E-state index contributed by atoms with van der Waals surface area (Å²) < 4.78 is 0. The number of carboxylic acid groups (broad SMARTS) is 1. The van der Waals surface area contributed by atoms with Crippen LogP contribution in [0.5, 0.6) is 0 Å². The lowest BCUT2D eigenvalue weighted by molar-refractivity contribution is -0.137. The van der Waals surface area contributed by atoms with E-state index in [-0.39, 0.29) is 18.2 Å². The number of hydrogen-bond acceptors (Lipinski definition) is 5. The number of carboxylic acids is 1. The SMILES string of the molecule is CCCCCCCCCC(=O)N[C@@H](Cc1ccccc1)C(=O)N[C@H]1CCCCNC(=O)/C=C/[C@H](CC(=O)O)NC1=O. The van der Waals surface area contributed by atoms with E-state index in [0.29, 0.717) is 32.2 Å². The van der Waals surface area contributed by atoms with Crippen molar-refractivity contribution in [1.29, 1.82) is 0 Å². The molecule has 0 radical (unpaired) electrons. The third-order valence-corrected chi connectivity index (χ3v) is 7.00. The molecule has 10 nitrogen and oxygen atoms in total. The lowest BCUT2D eigenvalue weighted by Gasteiger charge is -2.25. The van der Waals surface area contributed by atoms with Gasteiger partial charge in [-0.3, -0.25) is 24.0 Å². The van der Waals surface area contributed by atoms with E-state index in [0.717, 1.165) is 31.2 Å². The van der Waals surface area contributed by atoms with Gasteiger partial charge in [-0.25, -0.2) is 0 Å². The van der Waals surface area contributed by atoms with Crippen LogP contribution in [0.1, 0.15) is 89.5 Å². The molecule has 0 aliphatic carbocycles. The molecule has 0 saturated carbocycles. The van der Waals surface area contributed by atoms with Gasteiger partial charge in [-0.05, 0) is 31.2 Å². The van der Waals surface area contributed by atoms with Crippen molar-refractivity contribution in [2.75, 3.05) is 6.54 Å². The molecule has 0 unspecified atom stereocenters. The number of aliphatic carboxylic acids is 1. The molecule has 0 spiro atoms. The Labute approximate surface area is 243 Å². The minimum Gasteiger partial charge on any atom is -0.481 e. The molecule has 1 heterocycles. The first-order chi connectivity index (χ1) is 19.8. The van der Waals surface area contributed by atoms with E-state index in [1.807, 2.05) is 30.3 Å². The summed E-state index contributed by atoms with van der Waals surface area (Å²) in [7, 11) is 0. The first-order valence-electron chi connectivity index (χ1n) is 14.9. The Morgan fingerprint density at radius 2 is 1.71 bits per heavy atom. The normalized spacial score (nSPS) is 19.4. The Morgan fingerprint density at radius 1 is 1.00 bits per heavy atom. The zero-order valence-corrected chi connectivity index (χ0v) is 24.2. The maximum absolute atomic E-state index is 13.5. The van der Waals surface area contributed by atoms with Gasteiger partial charge in [-0.2, -0.15) is 0 Å². The summed E-state index contributed by atoms with van der Waals surface area (Å²) in [4.78, 5) is 62.7. The number of unbranched alkanes of at least 4 members (excludes halogenated alkanes) is 6. The van der Waals surface area contributed by atoms with Gasteiger partial charge in [0.15, 0.2) is 0 Å². The largest absolute Gasteiger partial charge is 0.481 e. The van der Waals surface area contributed by atoms with Crippen LogP contribution in [0.15, 0.2) is 42.5 Å². The minimum absolute atomic E-state index is 0.208. The molecule has 2 rings (SSSR count). The highest BCUT2D eigenvalue weighted by Crippen LogP contribution is 2.11. The Bertz CT molecular complexity index is 1010. The van der Waals surface area contributed by atoms with Gasteiger partial charge in [0.2, 0.25) is 23.6 Å². The van der Waals surface area contributed by atoms with Crippen LogP contribution in [0, 0.1) is 0 Å². The lowest BCUT2D eigenvalue weighted by atomic mass is 10.0. The summed E-state index contributed by atoms with van der Waals surface area (Å²) in [5.41, 5.74) is 0.870. The molecule has 1 aromatic rings. The molecule has 1 aliphatic rings. The molecule has 10 heteroatoms. The fourth-order valence-electron chi connectivity index (χ4n) is 4.70. The van der Waals surface area contributed by atoms with Crippen molar-refractivity contribution < 1.29 is 29.1 Å². The van der Waals surface area contributed by atoms with Gasteiger partial charge in [0.25, 0.3) is 0 Å². The van der Waals surface area contributed by atoms with Gasteiger partial charge in [-0.1, -0.05) is 81.9 Å². The van der Waals surface area contributed by atoms with Gasteiger partial charge in [0, 0.05) is 25.5 Å². The predicted molar refractivity (Wildman–Crippen MR) is 157 cm³/mol. The van der Waals surface area contributed by atoms with Crippen LogP contribution >= 0.6 is 0 Å². The minimum atomic E-state index is -1.14. The number of carbonyl (C=O) groups excluding carboxylic acids is 4. The maximum atomic E-state index is 13.5. The van der Waals surface area contributed by atoms with Crippen molar-refractivity contribution in [2.45, 2.75) is 109 Å². The zero-order chi connectivity index (χ0) is 29.9. The Hall–Kier alpha value is -3.69. The van der Waals surface area contributed by atoms with Crippen LogP contribution in [0.4, 0.5) is 0 Å². The maximum Gasteiger partial charge on any atom is 0.305 e. The molecule has 1 aliphatic heterocycles. The first kappa shape index (κ1) is 33.5. The monoisotopic (exact) mass is 570 g/mol. The van der Waals surface area contributed by atoms with Crippen molar-refractivity contribution in [3.63, 3.8) is 0 Å². The average Bonchev–Trinajstić information content (AvgIpc) is 2.93. The molecule has 1 aromatic carbocycles. The summed E-state index contributed by atoms with van der Waals surface area (Å²) in [5, 5.41) is 20.3. The molecule has 41 heavy (non-hydrogen) atoms. The zero-order valence-electron chi connectivity index (χ0n) is 24.2. The number of carbonyl (C=O) groups is 5. The number of hydrogen-bond donors (Lipinski definition) is 5. The highest BCUT2D eigenvalue weighted by molar-refractivity contribution is 5.93. The van der Waals surface area contributed by atoms with Gasteiger partial charge >= 0.3 is 5.97 Å². The molecule has 4 amide bonds. The van der Waals surface area contributed by atoms with E-state index in [4.69, 9.17) is 0 Å². The number of amides is 4. The average molecular weight is 571 g/mol. The predicted octanol–water partition coefficient (Wildman–Crippen LogP) is 3.16. The van der Waals surface area contributed by atoms with Crippen LogP contribution in [-0.2, 0) is 30.4 Å². The molecule has 0 bridgehead atoms. The number of benzene rings is 1. The van der Waals surface area contributed by atoms with E-state index in [9.17, 15) is 29.1 Å². The molecular formula is C31H46N4O6. The van der Waals surface area contributed by atoms with Crippen LogP contribution in [0.2, 0.25) is 0 Å². The van der Waals surface area contributed by atoms with Crippen molar-refractivity contribution in [1.82, 2.24) is 21.3 Å². The Balaban J connectivity index is 2.08. The fourth-order valence-corrected chi connectivity index (χ4v) is 4.70. The second-order valence-electron chi connectivity index (χ2n) is 10.6. The molecule has 5 N–H and O–H groups in total. The van der Waals surface area contributed by atoms with Gasteiger partial charge < -0.3 is 26.4 Å². The van der Waals surface area contributed by atoms with Crippen LogP contribution < -0.4 is 21.3 Å². The quantitative estimate of drug-likeness (QED) is 0.204. The highest BCUT2D eigenvalue weighted by atomic mass is 16.4. The summed E-state index contributed by atoms with van der Waals surface area (Å²) in [6, 6.07) is 6.62. The van der Waals surface area contributed by atoms with E-state index in [2.05, 4.69) is 28.2 Å². The third-order valence-electron chi connectivity index (χ3n) is 7.00. The second kappa shape index (κ2) is 19.4. The third kappa shape index (κ3) is 14.5. The van der Waals surface area contributed by atoms with Gasteiger partial charge in [0.1, 0.15) is 12.1 Å². The molecule has 0 fully saturated rings. The Morgan fingerprint density at radius 3 is 2.41 bits per heavy atom. The smallest absolute Gasteiger partial charge is 0.305 e. The van der Waals surface area contributed by atoms with Crippen molar-refractivity contribution in [3.05, 3.63) is 48.0 Å². The fraction of sp³-hybridized carbons (Fsp3) is 0.581. The van der Waals surface area contributed by atoms with Gasteiger partial charge in [0.05, 0.1) is 12.5 Å². The van der Waals surface area contributed by atoms with E-state index >= 15 is 0 Å². The summed E-state index contributed by atoms with van der Waals surface area (Å²) in [5.74, 6) is -2.73. The van der Waals surface area contributed by atoms with Crippen molar-refractivity contribution in [3.8, 4) is 0 Å². The lowest BCUT2D eigenvalue weighted by Crippen LogP contribution is -2.55. The standard InChI is InChI=1S/C31H46N4O6/c1-2-3-4-5-6-7-11-17-28(37)34-26(21-23-14-9-8-10-15-23)31(41)35-25-16-12-13-20-32-27(36)19-18-24(22-29(38)39)33-30(25)40/h8-10,14-15,18-19,24-26H,2-7,11-13,16-17,20-22H2,1H3,(H,32,36)(H,33,40)(H,34,37)(H,35,41)(H,38,39)/b19-18+/t24-,25+,26+/m1/s1. The van der Waals surface area contributed by atoms with E-state index in [1.54, 1.807) is 0 Å². The van der Waals surface area contributed by atoms with Crippen LogP contribution in [0.3, 0.4) is 0 Å². The Kier molecular flexibility index (Phi) is 15.9. The highest BCUT2D eigenvalue weighted by Gasteiger charge is 2.28. The number of nitrogens with one attached hydrogen (secondary N) is 4.